The third-order valence-electron chi connectivity index (χ3n) is 3.71. The lowest BCUT2D eigenvalue weighted by Crippen LogP contribution is -2.33. The van der Waals surface area contributed by atoms with Crippen molar-refractivity contribution in [2.24, 2.45) is 5.92 Å². The number of carbonyl (C=O) groups is 1. The number of methoxy groups -OCH3 is 1. The van der Waals surface area contributed by atoms with Gasteiger partial charge in [0.15, 0.2) is 0 Å². The minimum Gasteiger partial charge on any atom is -0.465 e. The number of rotatable bonds is 5. The molecule has 1 aromatic heterocycles. The molecule has 21 heavy (non-hydrogen) atoms. The Morgan fingerprint density at radius 1 is 1.52 bits per heavy atom. The summed E-state index contributed by atoms with van der Waals surface area (Å²) >= 11 is 1.05. The van der Waals surface area contributed by atoms with Crippen molar-refractivity contribution in [1.82, 2.24) is 4.72 Å². The number of esters is 1. The standard InChI is InChI=1S/C13H19NO5S2/c1-8-7-20-11(13(16)19-2)12(8)21(17,18)14-6-9-4-3-5-10(9)15/h7,9-10,14-15H,3-6H2,1-2H3. The molecular weight excluding hydrogens is 314 g/mol. The zero-order valence-electron chi connectivity index (χ0n) is 12.0. The average molecular weight is 333 g/mol. The minimum absolute atomic E-state index is 0.0214. The van der Waals surface area contributed by atoms with Crippen LogP contribution in [0.2, 0.25) is 0 Å². The smallest absolute Gasteiger partial charge is 0.349 e. The molecular formula is C13H19NO5S2. The molecule has 0 aliphatic heterocycles. The fourth-order valence-corrected chi connectivity index (χ4v) is 5.34. The van der Waals surface area contributed by atoms with Gasteiger partial charge in [-0.2, -0.15) is 0 Å². The maximum atomic E-state index is 12.4. The van der Waals surface area contributed by atoms with Crippen LogP contribution in [0, 0.1) is 12.8 Å². The summed E-state index contributed by atoms with van der Waals surface area (Å²) in [5.41, 5.74) is 0.514. The maximum absolute atomic E-state index is 12.4. The van der Waals surface area contributed by atoms with E-state index in [-0.39, 0.29) is 22.2 Å². The Bertz CT molecular complexity index is 623. The van der Waals surface area contributed by atoms with E-state index in [1.807, 2.05) is 0 Å². The fraction of sp³-hybridized carbons (Fsp3) is 0.615. The maximum Gasteiger partial charge on any atom is 0.349 e. The van der Waals surface area contributed by atoms with E-state index in [2.05, 4.69) is 9.46 Å². The molecule has 0 radical (unpaired) electrons. The fourth-order valence-electron chi connectivity index (χ4n) is 2.55. The highest BCUT2D eigenvalue weighted by molar-refractivity contribution is 7.89. The number of aryl methyl sites for hydroxylation is 1. The Morgan fingerprint density at radius 2 is 2.24 bits per heavy atom. The molecule has 0 bridgehead atoms. The van der Waals surface area contributed by atoms with E-state index < -0.39 is 22.1 Å². The van der Waals surface area contributed by atoms with Gasteiger partial charge in [-0.1, -0.05) is 6.42 Å². The second-order valence-corrected chi connectivity index (χ2v) is 7.76. The van der Waals surface area contributed by atoms with Gasteiger partial charge in [0.2, 0.25) is 10.0 Å². The molecule has 118 valence electrons. The van der Waals surface area contributed by atoms with Gasteiger partial charge in [-0.15, -0.1) is 11.3 Å². The van der Waals surface area contributed by atoms with E-state index in [0.717, 1.165) is 24.2 Å². The van der Waals surface area contributed by atoms with E-state index in [4.69, 9.17) is 0 Å². The molecule has 1 aliphatic carbocycles. The van der Waals surface area contributed by atoms with E-state index in [1.165, 1.54) is 7.11 Å². The second kappa shape index (κ2) is 6.43. The van der Waals surface area contributed by atoms with E-state index >= 15 is 0 Å². The summed E-state index contributed by atoms with van der Waals surface area (Å²) in [7, 11) is -2.58. The van der Waals surface area contributed by atoms with Gasteiger partial charge in [-0.3, -0.25) is 0 Å². The molecule has 1 heterocycles. The number of hydrogen-bond donors (Lipinski definition) is 2. The van der Waals surface area contributed by atoms with Gasteiger partial charge in [-0.05, 0) is 36.6 Å². The van der Waals surface area contributed by atoms with Crippen molar-refractivity contribution < 1.29 is 23.1 Å². The van der Waals surface area contributed by atoms with Gasteiger partial charge < -0.3 is 9.84 Å². The van der Waals surface area contributed by atoms with Crippen molar-refractivity contribution in [3.63, 3.8) is 0 Å². The van der Waals surface area contributed by atoms with Crippen LogP contribution in [0.5, 0.6) is 0 Å². The topological polar surface area (TPSA) is 92.7 Å². The first-order chi connectivity index (χ1) is 9.86. The molecule has 0 amide bonds. The van der Waals surface area contributed by atoms with Crippen LogP contribution in [0.3, 0.4) is 0 Å². The van der Waals surface area contributed by atoms with Crippen LogP contribution in [0.25, 0.3) is 0 Å². The number of nitrogens with one attached hydrogen (secondary N) is 1. The summed E-state index contributed by atoms with van der Waals surface area (Å²) in [5.74, 6) is -0.727. The number of aliphatic hydroxyl groups excluding tert-OH is 1. The van der Waals surface area contributed by atoms with Crippen LogP contribution in [0.15, 0.2) is 10.3 Å². The van der Waals surface area contributed by atoms with Crippen LogP contribution in [-0.2, 0) is 14.8 Å². The lowest BCUT2D eigenvalue weighted by molar-refractivity contribution is 0.0602. The molecule has 2 atom stereocenters. The highest BCUT2D eigenvalue weighted by Crippen LogP contribution is 2.29. The molecule has 1 aliphatic rings. The summed E-state index contributed by atoms with van der Waals surface area (Å²) in [6.45, 7) is 1.82. The third-order valence-corrected chi connectivity index (χ3v) is 6.53. The molecule has 0 spiro atoms. The molecule has 1 saturated carbocycles. The van der Waals surface area contributed by atoms with Gasteiger partial charge in [0, 0.05) is 6.54 Å². The van der Waals surface area contributed by atoms with Crippen molar-refractivity contribution in [2.45, 2.75) is 37.2 Å². The summed E-state index contributed by atoms with van der Waals surface area (Å²) in [5, 5.41) is 11.4. The molecule has 0 aromatic carbocycles. The SMILES string of the molecule is COC(=O)c1scc(C)c1S(=O)(=O)NCC1CCCC1O. The van der Waals surface area contributed by atoms with Crippen molar-refractivity contribution in [3.8, 4) is 0 Å². The zero-order chi connectivity index (χ0) is 15.6. The normalized spacial score (nSPS) is 22.4. The summed E-state index contributed by atoms with van der Waals surface area (Å²) in [4.78, 5) is 11.7. The Labute approximate surface area is 128 Å². The predicted octanol–water partition coefficient (Wildman–Crippen LogP) is 1.28. The lowest BCUT2D eigenvalue weighted by atomic mass is 10.1. The Kier molecular flexibility index (Phi) is 5.03. The van der Waals surface area contributed by atoms with Crippen LogP contribution in [-0.4, -0.2) is 39.3 Å². The van der Waals surface area contributed by atoms with Crippen molar-refractivity contribution >= 4 is 27.3 Å². The molecule has 2 N–H and O–H groups in total. The molecule has 1 fully saturated rings. The predicted molar refractivity (Wildman–Crippen MR) is 78.9 cm³/mol. The van der Waals surface area contributed by atoms with Crippen LogP contribution < -0.4 is 4.72 Å². The first-order valence-corrected chi connectivity index (χ1v) is 9.07. The van der Waals surface area contributed by atoms with E-state index in [1.54, 1.807) is 12.3 Å². The average Bonchev–Trinajstić information content (AvgIpc) is 3.02. The largest absolute Gasteiger partial charge is 0.465 e. The first-order valence-electron chi connectivity index (χ1n) is 6.71. The second-order valence-electron chi connectivity index (χ2n) is 5.18. The van der Waals surface area contributed by atoms with E-state index in [9.17, 15) is 18.3 Å². The van der Waals surface area contributed by atoms with E-state index in [0.29, 0.717) is 12.0 Å². The highest BCUT2D eigenvalue weighted by Gasteiger charge is 2.30. The number of hydrogen-bond acceptors (Lipinski definition) is 6. The number of sulfonamides is 1. The van der Waals surface area contributed by atoms with Crippen molar-refractivity contribution in [2.75, 3.05) is 13.7 Å². The van der Waals surface area contributed by atoms with Gasteiger partial charge in [0.1, 0.15) is 9.77 Å². The summed E-state index contributed by atoms with van der Waals surface area (Å²) in [6.07, 6.45) is 1.95. The summed E-state index contributed by atoms with van der Waals surface area (Å²) in [6, 6.07) is 0. The monoisotopic (exact) mass is 333 g/mol. The number of ether oxygens (including phenoxy) is 1. The van der Waals surface area contributed by atoms with Crippen LogP contribution >= 0.6 is 11.3 Å². The highest BCUT2D eigenvalue weighted by atomic mass is 32.2. The molecule has 2 rings (SSSR count). The molecule has 2 unspecified atom stereocenters. The van der Waals surface area contributed by atoms with Gasteiger partial charge in [0.05, 0.1) is 13.2 Å². The molecule has 8 heteroatoms. The van der Waals surface area contributed by atoms with Crippen LogP contribution in [0.4, 0.5) is 0 Å². The quantitative estimate of drug-likeness (QED) is 0.792. The molecule has 6 nitrogen and oxygen atoms in total. The van der Waals surface area contributed by atoms with Crippen molar-refractivity contribution in [1.29, 1.82) is 0 Å². The van der Waals surface area contributed by atoms with Gasteiger partial charge >= 0.3 is 5.97 Å². The minimum atomic E-state index is -3.80. The molecule has 0 saturated heterocycles. The number of carbonyl (C=O) groups excluding carboxylic acids is 1. The van der Waals surface area contributed by atoms with Gasteiger partial charge in [-0.25, -0.2) is 17.9 Å². The number of aliphatic hydroxyl groups is 1. The van der Waals surface area contributed by atoms with Crippen LogP contribution in [0.1, 0.15) is 34.5 Å². The van der Waals surface area contributed by atoms with Crippen molar-refractivity contribution in [3.05, 3.63) is 15.8 Å². The Morgan fingerprint density at radius 3 is 2.81 bits per heavy atom. The Balaban J connectivity index is 2.19. The Hall–Kier alpha value is -0.960. The number of thiophene rings is 1. The van der Waals surface area contributed by atoms with Gasteiger partial charge in [0.25, 0.3) is 0 Å². The first kappa shape index (κ1) is 16.4. The molecule has 1 aromatic rings. The lowest BCUT2D eigenvalue weighted by Gasteiger charge is -2.15. The third kappa shape index (κ3) is 3.45. The summed E-state index contributed by atoms with van der Waals surface area (Å²) < 4.78 is 32.0. The zero-order valence-corrected chi connectivity index (χ0v) is 13.6.